The van der Waals surface area contributed by atoms with Crippen molar-refractivity contribution in [3.63, 3.8) is 0 Å². The molecule has 0 aromatic heterocycles. The second-order valence-corrected chi connectivity index (χ2v) is 4.79. The van der Waals surface area contributed by atoms with Crippen LogP contribution in [-0.2, 0) is 16.1 Å². The Labute approximate surface area is 112 Å². The lowest BCUT2D eigenvalue weighted by atomic mass is 10.0. The zero-order valence-electron chi connectivity index (χ0n) is 11.4. The van der Waals surface area contributed by atoms with Gasteiger partial charge >= 0.3 is 11.9 Å². The normalized spacial score (nSPS) is 10.7. The molecule has 0 radical (unpaired) electrons. The van der Waals surface area contributed by atoms with Gasteiger partial charge in [-0.1, -0.05) is 12.1 Å². The van der Waals surface area contributed by atoms with Crippen LogP contribution in [0.2, 0.25) is 0 Å². The minimum absolute atomic E-state index is 0.279. The lowest BCUT2D eigenvalue weighted by Crippen LogP contribution is -2.34. The number of carboxylic acid groups (broad SMARTS) is 2. The molecule has 0 fully saturated rings. The summed E-state index contributed by atoms with van der Waals surface area (Å²) in [6.07, 6.45) is 0. The third kappa shape index (κ3) is 4.71. The molecule has 19 heavy (non-hydrogen) atoms. The topological polar surface area (TPSA) is 77.8 Å². The first-order valence-corrected chi connectivity index (χ1v) is 6.02. The number of aliphatic carboxylic acids is 2. The zero-order chi connectivity index (χ0) is 14.6. The Hall–Kier alpha value is -1.88. The van der Waals surface area contributed by atoms with E-state index in [0.717, 1.165) is 16.7 Å². The van der Waals surface area contributed by atoms with E-state index in [4.69, 9.17) is 10.2 Å². The summed E-state index contributed by atoms with van der Waals surface area (Å²) in [7, 11) is 0. The molecule has 1 aromatic rings. The number of aryl methyl sites for hydroxylation is 2. The van der Waals surface area contributed by atoms with Crippen molar-refractivity contribution >= 4 is 11.9 Å². The molecule has 5 nitrogen and oxygen atoms in total. The number of nitrogens with zero attached hydrogens (tertiary/aromatic N) is 1. The van der Waals surface area contributed by atoms with Gasteiger partial charge in [0, 0.05) is 6.54 Å². The van der Waals surface area contributed by atoms with Gasteiger partial charge in [-0.2, -0.15) is 0 Å². The fourth-order valence-corrected chi connectivity index (χ4v) is 2.03. The van der Waals surface area contributed by atoms with Gasteiger partial charge in [0.1, 0.15) is 0 Å². The van der Waals surface area contributed by atoms with Gasteiger partial charge < -0.3 is 10.2 Å². The summed E-state index contributed by atoms with van der Waals surface area (Å²) >= 11 is 0. The van der Waals surface area contributed by atoms with Gasteiger partial charge in [-0.05, 0) is 43.0 Å². The molecular formula is C14H19NO4. The van der Waals surface area contributed by atoms with Crippen molar-refractivity contribution in [3.8, 4) is 0 Å². The predicted octanol–water partition coefficient (Wildman–Crippen LogP) is 1.58. The predicted molar refractivity (Wildman–Crippen MR) is 71.2 cm³/mol. The first-order chi connectivity index (χ1) is 8.79. The molecule has 2 N–H and O–H groups in total. The fraction of sp³-hybridized carbons (Fsp3) is 0.429. The highest BCUT2D eigenvalue weighted by Crippen LogP contribution is 2.16. The molecule has 0 saturated heterocycles. The Kier molecular flexibility index (Phi) is 5.06. The Balaban J connectivity index is 2.89. The molecule has 0 aliphatic rings. The SMILES string of the molecule is Cc1cc(CN(CC(=O)O)CC(=O)O)cc(C)c1C. The summed E-state index contributed by atoms with van der Waals surface area (Å²) in [6.45, 7) is 5.77. The van der Waals surface area contributed by atoms with E-state index in [9.17, 15) is 9.59 Å². The van der Waals surface area contributed by atoms with Crippen LogP contribution in [0.1, 0.15) is 22.3 Å². The van der Waals surface area contributed by atoms with Crippen molar-refractivity contribution in [2.45, 2.75) is 27.3 Å². The van der Waals surface area contributed by atoms with Gasteiger partial charge in [0.25, 0.3) is 0 Å². The van der Waals surface area contributed by atoms with Crippen molar-refractivity contribution in [2.75, 3.05) is 13.1 Å². The van der Waals surface area contributed by atoms with Crippen molar-refractivity contribution in [3.05, 3.63) is 34.4 Å². The standard InChI is InChI=1S/C14H19NO4/c1-9-4-12(5-10(2)11(9)3)6-15(7-13(16)17)8-14(18)19/h4-5H,6-8H2,1-3H3,(H,16,17)(H,18,19). The van der Waals surface area contributed by atoms with Crippen molar-refractivity contribution in [1.82, 2.24) is 4.90 Å². The minimum Gasteiger partial charge on any atom is -0.480 e. The average Bonchev–Trinajstić information content (AvgIpc) is 2.23. The van der Waals surface area contributed by atoms with Crippen LogP contribution < -0.4 is 0 Å². The molecule has 104 valence electrons. The van der Waals surface area contributed by atoms with E-state index >= 15 is 0 Å². The van der Waals surface area contributed by atoms with Crippen LogP contribution in [0.15, 0.2) is 12.1 Å². The van der Waals surface area contributed by atoms with E-state index in [1.54, 1.807) is 0 Å². The van der Waals surface area contributed by atoms with Gasteiger partial charge in [0.2, 0.25) is 0 Å². The number of hydrogen-bond donors (Lipinski definition) is 2. The van der Waals surface area contributed by atoms with Crippen molar-refractivity contribution in [2.24, 2.45) is 0 Å². The highest BCUT2D eigenvalue weighted by atomic mass is 16.4. The van der Waals surface area contributed by atoms with Gasteiger partial charge in [0.05, 0.1) is 13.1 Å². The van der Waals surface area contributed by atoms with Crippen LogP contribution in [0.25, 0.3) is 0 Å². The molecule has 5 heteroatoms. The van der Waals surface area contributed by atoms with Crippen LogP contribution >= 0.6 is 0 Å². The van der Waals surface area contributed by atoms with Gasteiger partial charge in [-0.25, -0.2) is 0 Å². The van der Waals surface area contributed by atoms with E-state index in [-0.39, 0.29) is 13.1 Å². The Morgan fingerprint density at radius 3 is 1.79 bits per heavy atom. The molecule has 0 amide bonds. The minimum atomic E-state index is -1.03. The largest absolute Gasteiger partial charge is 0.480 e. The summed E-state index contributed by atoms with van der Waals surface area (Å²) in [5.41, 5.74) is 4.39. The number of carboxylic acids is 2. The summed E-state index contributed by atoms with van der Waals surface area (Å²) in [5, 5.41) is 17.6. The van der Waals surface area contributed by atoms with E-state index in [0.29, 0.717) is 6.54 Å². The molecule has 0 aliphatic heterocycles. The maximum Gasteiger partial charge on any atom is 0.317 e. The highest BCUT2D eigenvalue weighted by molar-refractivity contribution is 5.72. The molecular weight excluding hydrogens is 246 g/mol. The fourth-order valence-electron chi connectivity index (χ4n) is 2.03. The maximum absolute atomic E-state index is 10.7. The third-order valence-corrected chi connectivity index (χ3v) is 3.11. The van der Waals surface area contributed by atoms with E-state index < -0.39 is 11.9 Å². The summed E-state index contributed by atoms with van der Waals surface area (Å²) in [5.74, 6) is -2.05. The maximum atomic E-state index is 10.7. The molecule has 0 atom stereocenters. The average molecular weight is 265 g/mol. The smallest absolute Gasteiger partial charge is 0.317 e. The van der Waals surface area contributed by atoms with Crippen molar-refractivity contribution < 1.29 is 19.8 Å². The monoisotopic (exact) mass is 265 g/mol. The van der Waals surface area contributed by atoms with Crippen LogP contribution in [0, 0.1) is 20.8 Å². The molecule has 0 spiro atoms. The van der Waals surface area contributed by atoms with E-state index in [2.05, 4.69) is 0 Å². The van der Waals surface area contributed by atoms with Gasteiger partial charge in [0.15, 0.2) is 0 Å². The Morgan fingerprint density at radius 1 is 1.00 bits per heavy atom. The van der Waals surface area contributed by atoms with Crippen molar-refractivity contribution in [1.29, 1.82) is 0 Å². The van der Waals surface area contributed by atoms with Crippen LogP contribution in [-0.4, -0.2) is 40.1 Å². The molecule has 0 heterocycles. The number of hydrogen-bond acceptors (Lipinski definition) is 3. The first kappa shape index (κ1) is 15.2. The molecule has 0 bridgehead atoms. The zero-order valence-corrected chi connectivity index (χ0v) is 11.4. The van der Waals surface area contributed by atoms with Gasteiger partial charge in [-0.15, -0.1) is 0 Å². The second kappa shape index (κ2) is 6.33. The summed E-state index contributed by atoms with van der Waals surface area (Å²) < 4.78 is 0. The Morgan fingerprint density at radius 2 is 1.42 bits per heavy atom. The van der Waals surface area contributed by atoms with Crippen LogP contribution in [0.4, 0.5) is 0 Å². The third-order valence-electron chi connectivity index (χ3n) is 3.11. The van der Waals surface area contributed by atoms with E-state index in [1.165, 1.54) is 10.5 Å². The van der Waals surface area contributed by atoms with Gasteiger partial charge in [-0.3, -0.25) is 14.5 Å². The number of benzene rings is 1. The molecule has 1 rings (SSSR count). The molecule has 0 saturated carbocycles. The van der Waals surface area contributed by atoms with Crippen LogP contribution in [0.5, 0.6) is 0 Å². The van der Waals surface area contributed by atoms with E-state index in [1.807, 2.05) is 32.9 Å². The molecule has 0 unspecified atom stereocenters. The number of rotatable bonds is 6. The molecule has 0 aliphatic carbocycles. The molecule has 1 aromatic carbocycles. The van der Waals surface area contributed by atoms with Crippen LogP contribution in [0.3, 0.4) is 0 Å². The summed E-state index contributed by atoms with van der Waals surface area (Å²) in [6, 6.07) is 3.94. The Bertz CT molecular complexity index is 457. The summed E-state index contributed by atoms with van der Waals surface area (Å²) in [4.78, 5) is 22.9. The quantitative estimate of drug-likeness (QED) is 0.816. The lowest BCUT2D eigenvalue weighted by Gasteiger charge is -2.19. The second-order valence-electron chi connectivity index (χ2n) is 4.79. The highest BCUT2D eigenvalue weighted by Gasteiger charge is 2.14. The number of carbonyl (C=O) groups is 2. The lowest BCUT2D eigenvalue weighted by molar-refractivity contribution is -0.142. The first-order valence-electron chi connectivity index (χ1n) is 6.02.